The van der Waals surface area contributed by atoms with Crippen LogP contribution in [0, 0.1) is 0 Å². The zero-order valence-electron chi connectivity index (χ0n) is 11.5. The fourth-order valence-corrected chi connectivity index (χ4v) is 1.15. The highest BCUT2D eigenvalue weighted by Gasteiger charge is 2.19. The molecule has 2 heterocycles. The standard InChI is InChI=1S/C4H11NO2.2C4H4O3/c6-3-1-5-2-4-7;2*5-3-1-2-4(6)7-3/h5-7H,1-4H2;2*1-2H2. The van der Waals surface area contributed by atoms with Gasteiger partial charge in [0, 0.05) is 13.1 Å². The number of carbonyl (C=O) groups is 4. The molecule has 0 spiro atoms. The summed E-state index contributed by atoms with van der Waals surface area (Å²) in [5, 5.41) is 19.1. The van der Waals surface area contributed by atoms with Gasteiger partial charge in [-0.05, 0) is 0 Å². The van der Waals surface area contributed by atoms with E-state index in [1.165, 1.54) is 0 Å². The van der Waals surface area contributed by atoms with Crippen LogP contribution in [0.25, 0.3) is 0 Å². The number of ether oxygens (including phenoxy) is 2. The van der Waals surface area contributed by atoms with Crippen LogP contribution in [0.15, 0.2) is 0 Å². The Kier molecular flexibility index (Phi) is 10.9. The van der Waals surface area contributed by atoms with Gasteiger partial charge in [0.05, 0.1) is 38.9 Å². The van der Waals surface area contributed by atoms with Crippen molar-refractivity contribution in [2.75, 3.05) is 26.3 Å². The van der Waals surface area contributed by atoms with Gasteiger partial charge in [0.15, 0.2) is 0 Å². The zero-order chi connectivity index (χ0) is 16.1. The minimum absolute atomic E-state index is 0.139. The number of carbonyl (C=O) groups excluding carboxylic acids is 4. The molecule has 0 bridgehead atoms. The van der Waals surface area contributed by atoms with Crippen LogP contribution in [0.3, 0.4) is 0 Å². The van der Waals surface area contributed by atoms with Crippen LogP contribution < -0.4 is 5.32 Å². The summed E-state index contributed by atoms with van der Waals surface area (Å²) in [7, 11) is 0. The van der Waals surface area contributed by atoms with Crippen molar-refractivity contribution in [3.63, 3.8) is 0 Å². The average molecular weight is 305 g/mol. The Hall–Kier alpha value is -1.84. The molecule has 120 valence electrons. The molecule has 2 rings (SSSR count). The molecular formula is C12H19NO8. The molecule has 3 N–H and O–H groups in total. The van der Waals surface area contributed by atoms with Gasteiger partial charge < -0.3 is 25.0 Å². The first-order valence-electron chi connectivity index (χ1n) is 6.39. The number of cyclic esters (lactones) is 4. The first-order valence-corrected chi connectivity index (χ1v) is 6.39. The predicted octanol–water partition coefficient (Wildman–Crippen LogP) is -1.74. The molecule has 2 aliphatic heterocycles. The lowest BCUT2D eigenvalue weighted by molar-refractivity contribution is -0.153. The van der Waals surface area contributed by atoms with E-state index < -0.39 is 23.9 Å². The second-order valence-electron chi connectivity index (χ2n) is 3.89. The number of aliphatic hydroxyl groups is 2. The molecule has 0 aromatic rings. The fourth-order valence-electron chi connectivity index (χ4n) is 1.15. The number of hydrogen-bond donors (Lipinski definition) is 3. The highest BCUT2D eigenvalue weighted by Crippen LogP contribution is 2.04. The lowest BCUT2D eigenvalue weighted by Crippen LogP contribution is -2.21. The van der Waals surface area contributed by atoms with Gasteiger partial charge in [-0.3, -0.25) is 19.2 Å². The Morgan fingerprint density at radius 2 is 1.00 bits per heavy atom. The summed E-state index contributed by atoms with van der Waals surface area (Å²) in [5.41, 5.74) is 0. The van der Waals surface area contributed by atoms with Crippen molar-refractivity contribution in [3.05, 3.63) is 0 Å². The van der Waals surface area contributed by atoms with Crippen molar-refractivity contribution in [3.8, 4) is 0 Å². The molecule has 9 nitrogen and oxygen atoms in total. The smallest absolute Gasteiger partial charge is 0.314 e. The fraction of sp³-hybridized carbons (Fsp3) is 0.667. The molecule has 0 amide bonds. The maximum atomic E-state index is 10.0. The molecule has 2 fully saturated rings. The minimum atomic E-state index is -0.398. The van der Waals surface area contributed by atoms with E-state index in [0.29, 0.717) is 13.1 Å². The van der Waals surface area contributed by atoms with Gasteiger partial charge in [0.1, 0.15) is 0 Å². The van der Waals surface area contributed by atoms with Crippen molar-refractivity contribution in [1.29, 1.82) is 0 Å². The third-order valence-electron chi connectivity index (χ3n) is 2.10. The summed E-state index contributed by atoms with van der Waals surface area (Å²) in [4.78, 5) is 40.0. The maximum absolute atomic E-state index is 10.0. The van der Waals surface area contributed by atoms with Crippen LogP contribution in [-0.2, 0) is 28.7 Å². The summed E-state index contributed by atoms with van der Waals surface area (Å²) in [5.74, 6) is -1.59. The van der Waals surface area contributed by atoms with E-state index in [4.69, 9.17) is 10.2 Å². The minimum Gasteiger partial charge on any atom is -0.395 e. The lowest BCUT2D eigenvalue weighted by Gasteiger charge is -1.94. The molecule has 9 heteroatoms. The lowest BCUT2D eigenvalue weighted by atomic mass is 10.4. The number of esters is 4. The van der Waals surface area contributed by atoms with E-state index in [-0.39, 0.29) is 38.9 Å². The van der Waals surface area contributed by atoms with Crippen molar-refractivity contribution in [1.82, 2.24) is 5.32 Å². The van der Waals surface area contributed by atoms with Crippen LogP contribution in [0.1, 0.15) is 25.7 Å². The van der Waals surface area contributed by atoms with Crippen molar-refractivity contribution < 1.29 is 38.9 Å². The summed E-state index contributed by atoms with van der Waals surface area (Å²) >= 11 is 0. The van der Waals surface area contributed by atoms with E-state index in [2.05, 4.69) is 14.8 Å². The van der Waals surface area contributed by atoms with E-state index >= 15 is 0 Å². The topological polar surface area (TPSA) is 139 Å². The predicted molar refractivity (Wildman–Crippen MR) is 67.7 cm³/mol. The quantitative estimate of drug-likeness (QED) is 0.314. The Morgan fingerprint density at radius 3 is 1.14 bits per heavy atom. The van der Waals surface area contributed by atoms with E-state index in [1.807, 2.05) is 0 Å². The highest BCUT2D eigenvalue weighted by atomic mass is 16.6. The largest absolute Gasteiger partial charge is 0.395 e. The van der Waals surface area contributed by atoms with Crippen molar-refractivity contribution in [2.45, 2.75) is 25.7 Å². The Morgan fingerprint density at radius 1 is 0.714 bits per heavy atom. The van der Waals surface area contributed by atoms with Gasteiger partial charge in [-0.2, -0.15) is 0 Å². The monoisotopic (exact) mass is 305 g/mol. The van der Waals surface area contributed by atoms with Crippen LogP contribution in [0.2, 0.25) is 0 Å². The number of aliphatic hydroxyl groups excluding tert-OH is 2. The molecular weight excluding hydrogens is 286 g/mol. The van der Waals surface area contributed by atoms with Crippen LogP contribution in [-0.4, -0.2) is 60.4 Å². The summed E-state index contributed by atoms with van der Waals surface area (Å²) < 4.78 is 8.17. The van der Waals surface area contributed by atoms with Gasteiger partial charge >= 0.3 is 23.9 Å². The molecule has 2 saturated heterocycles. The molecule has 0 radical (unpaired) electrons. The highest BCUT2D eigenvalue weighted by molar-refractivity contribution is 5.93. The molecule has 0 unspecified atom stereocenters. The van der Waals surface area contributed by atoms with Crippen molar-refractivity contribution >= 4 is 23.9 Å². The molecule has 0 aromatic heterocycles. The first-order chi connectivity index (χ1) is 9.99. The molecule has 0 aromatic carbocycles. The van der Waals surface area contributed by atoms with Gasteiger partial charge in [-0.25, -0.2) is 0 Å². The summed E-state index contributed by atoms with van der Waals surface area (Å²) in [6.45, 7) is 1.42. The second-order valence-corrected chi connectivity index (χ2v) is 3.89. The Balaban J connectivity index is 0.000000286. The molecule has 0 aliphatic carbocycles. The van der Waals surface area contributed by atoms with E-state index in [0.717, 1.165) is 0 Å². The van der Waals surface area contributed by atoms with Crippen LogP contribution in [0.5, 0.6) is 0 Å². The summed E-state index contributed by atoms with van der Waals surface area (Å²) in [6.07, 6.45) is 1.05. The third kappa shape index (κ3) is 11.7. The molecule has 21 heavy (non-hydrogen) atoms. The first kappa shape index (κ1) is 19.2. The number of nitrogens with one attached hydrogen (secondary N) is 1. The van der Waals surface area contributed by atoms with Gasteiger partial charge in [-0.15, -0.1) is 0 Å². The van der Waals surface area contributed by atoms with Gasteiger partial charge in [0.25, 0.3) is 0 Å². The number of hydrogen-bond acceptors (Lipinski definition) is 9. The average Bonchev–Trinajstić information content (AvgIpc) is 3.00. The van der Waals surface area contributed by atoms with Crippen LogP contribution in [0.4, 0.5) is 0 Å². The molecule has 0 atom stereocenters. The number of rotatable bonds is 4. The molecule has 0 saturated carbocycles. The zero-order valence-corrected chi connectivity index (χ0v) is 11.5. The van der Waals surface area contributed by atoms with E-state index in [1.54, 1.807) is 0 Å². The summed E-state index contributed by atoms with van der Waals surface area (Å²) in [6, 6.07) is 0. The maximum Gasteiger partial charge on any atom is 0.314 e. The Labute approximate surface area is 121 Å². The second kappa shape index (κ2) is 11.9. The third-order valence-corrected chi connectivity index (χ3v) is 2.10. The van der Waals surface area contributed by atoms with E-state index in [9.17, 15) is 19.2 Å². The normalized spacial score (nSPS) is 16.5. The molecule has 2 aliphatic rings. The Bertz CT molecular complexity index is 306. The SMILES string of the molecule is O=C1CCC(=O)O1.O=C1CCC(=O)O1.OCCNCCO. The van der Waals surface area contributed by atoms with Gasteiger partial charge in [-0.1, -0.05) is 0 Å². The van der Waals surface area contributed by atoms with Crippen molar-refractivity contribution in [2.24, 2.45) is 0 Å². The van der Waals surface area contributed by atoms with Crippen LogP contribution >= 0.6 is 0 Å². The van der Waals surface area contributed by atoms with Gasteiger partial charge in [0.2, 0.25) is 0 Å².